The van der Waals surface area contributed by atoms with Crippen LogP contribution in [0.25, 0.3) is 11.0 Å². The molecule has 3 aromatic rings. The number of benzene rings is 2. The lowest BCUT2D eigenvalue weighted by molar-refractivity contribution is -0.122. The van der Waals surface area contributed by atoms with Gasteiger partial charge in [-0.2, -0.15) is 0 Å². The molecule has 0 aliphatic carbocycles. The van der Waals surface area contributed by atoms with E-state index in [1.54, 1.807) is 30.3 Å². The van der Waals surface area contributed by atoms with E-state index in [9.17, 15) is 13.2 Å². The molecular formula is C21H23N5O3S. The molecule has 8 nitrogen and oxygen atoms in total. The fourth-order valence-corrected chi connectivity index (χ4v) is 4.59. The molecule has 2 aromatic carbocycles. The summed E-state index contributed by atoms with van der Waals surface area (Å²) in [6.07, 6.45) is 1.46. The third-order valence-electron chi connectivity index (χ3n) is 5.24. The first-order valence-corrected chi connectivity index (χ1v) is 11.2. The van der Waals surface area contributed by atoms with Crippen LogP contribution in [0.5, 0.6) is 0 Å². The Morgan fingerprint density at radius 1 is 1.10 bits per heavy atom. The number of fused-ring (bicyclic) bond motifs is 1. The van der Waals surface area contributed by atoms with Gasteiger partial charge in [-0.05, 0) is 44.0 Å². The number of sulfonamides is 1. The zero-order chi connectivity index (χ0) is 21.3. The van der Waals surface area contributed by atoms with Crippen molar-refractivity contribution in [2.24, 2.45) is 11.7 Å². The molecule has 1 aliphatic rings. The average molecular weight is 426 g/mol. The van der Waals surface area contributed by atoms with Gasteiger partial charge in [-0.15, -0.1) is 0 Å². The van der Waals surface area contributed by atoms with Crippen molar-refractivity contribution in [3.05, 3.63) is 54.1 Å². The van der Waals surface area contributed by atoms with Crippen LogP contribution in [0.4, 0.5) is 11.6 Å². The first-order chi connectivity index (χ1) is 14.3. The maximum Gasteiger partial charge on any atom is 0.263 e. The molecule has 9 heteroatoms. The number of amides is 1. The number of aromatic nitrogens is 2. The molecule has 2 heterocycles. The molecule has 0 radical (unpaired) electrons. The second-order valence-electron chi connectivity index (χ2n) is 7.49. The van der Waals surface area contributed by atoms with Gasteiger partial charge >= 0.3 is 0 Å². The molecule has 1 aliphatic heterocycles. The summed E-state index contributed by atoms with van der Waals surface area (Å²) in [5.41, 5.74) is 7.70. The number of hydrogen-bond donors (Lipinski definition) is 2. The molecule has 1 saturated heterocycles. The summed E-state index contributed by atoms with van der Waals surface area (Å²) in [5.74, 6) is -0.140. The molecule has 0 spiro atoms. The lowest BCUT2D eigenvalue weighted by atomic mass is 9.97. The molecule has 0 bridgehead atoms. The highest BCUT2D eigenvalue weighted by molar-refractivity contribution is 7.92. The molecular weight excluding hydrogens is 402 g/mol. The van der Waals surface area contributed by atoms with Crippen molar-refractivity contribution in [1.29, 1.82) is 0 Å². The first-order valence-electron chi connectivity index (χ1n) is 9.74. The Kier molecular flexibility index (Phi) is 5.29. The van der Waals surface area contributed by atoms with Crippen molar-refractivity contribution >= 4 is 38.6 Å². The van der Waals surface area contributed by atoms with E-state index < -0.39 is 10.0 Å². The Morgan fingerprint density at radius 3 is 2.43 bits per heavy atom. The van der Waals surface area contributed by atoms with Gasteiger partial charge in [-0.3, -0.25) is 9.52 Å². The molecule has 3 N–H and O–H groups in total. The maximum absolute atomic E-state index is 13.0. The van der Waals surface area contributed by atoms with Crippen LogP contribution in [0.3, 0.4) is 0 Å². The van der Waals surface area contributed by atoms with Gasteiger partial charge in [0.25, 0.3) is 10.0 Å². The predicted octanol–water partition coefficient (Wildman–Crippen LogP) is 2.44. The van der Waals surface area contributed by atoms with Crippen LogP contribution >= 0.6 is 0 Å². The van der Waals surface area contributed by atoms with Crippen molar-refractivity contribution in [1.82, 2.24) is 9.97 Å². The van der Waals surface area contributed by atoms with E-state index in [4.69, 9.17) is 5.73 Å². The molecule has 1 aromatic heterocycles. The van der Waals surface area contributed by atoms with Gasteiger partial charge in [0.05, 0.1) is 21.8 Å². The molecule has 156 valence electrons. The van der Waals surface area contributed by atoms with E-state index >= 15 is 0 Å². The Morgan fingerprint density at radius 2 is 1.77 bits per heavy atom. The van der Waals surface area contributed by atoms with Gasteiger partial charge < -0.3 is 10.6 Å². The monoisotopic (exact) mass is 425 g/mol. The van der Waals surface area contributed by atoms with E-state index in [2.05, 4.69) is 14.7 Å². The van der Waals surface area contributed by atoms with Gasteiger partial charge in [0.1, 0.15) is 0 Å². The van der Waals surface area contributed by atoms with Crippen LogP contribution < -0.4 is 15.4 Å². The van der Waals surface area contributed by atoms with Crippen LogP contribution in [0.2, 0.25) is 0 Å². The van der Waals surface area contributed by atoms with Gasteiger partial charge in [0, 0.05) is 13.1 Å². The topological polar surface area (TPSA) is 118 Å². The molecule has 4 rings (SSSR count). The van der Waals surface area contributed by atoms with E-state index in [0.717, 1.165) is 12.0 Å². The highest BCUT2D eigenvalue weighted by atomic mass is 32.2. The number of hydrogen-bond acceptors (Lipinski definition) is 6. The van der Waals surface area contributed by atoms with Crippen LogP contribution in [0.15, 0.2) is 53.4 Å². The zero-order valence-electron chi connectivity index (χ0n) is 16.6. The number of nitrogens with zero attached hydrogens (tertiary/aromatic N) is 3. The third kappa shape index (κ3) is 4.06. The van der Waals surface area contributed by atoms with Crippen molar-refractivity contribution < 1.29 is 13.2 Å². The molecule has 1 amide bonds. The van der Waals surface area contributed by atoms with Crippen LogP contribution in [0.1, 0.15) is 18.4 Å². The Bertz CT molecular complexity index is 1190. The van der Waals surface area contributed by atoms with Crippen LogP contribution in [-0.4, -0.2) is 37.4 Å². The van der Waals surface area contributed by atoms with Crippen molar-refractivity contribution in [2.75, 3.05) is 22.7 Å². The van der Waals surface area contributed by atoms with E-state index in [1.165, 1.54) is 0 Å². The standard InChI is InChI=1S/C21H23N5O3S/c1-14-8-10-16(11-9-14)30(28,29)25-20-21(24-18-7-3-2-6-17(18)23-20)26-12-4-5-15(13-26)19(22)27/h2-3,6-11,15H,4-5,12-13H2,1H3,(H2,22,27)(H,23,25). The summed E-state index contributed by atoms with van der Waals surface area (Å²) in [7, 11) is -3.86. The molecule has 1 fully saturated rings. The maximum atomic E-state index is 13.0. The fraction of sp³-hybridized carbons (Fsp3) is 0.286. The molecule has 1 atom stereocenters. The lowest BCUT2D eigenvalue weighted by Gasteiger charge is -2.33. The number of piperidine rings is 1. The molecule has 1 unspecified atom stereocenters. The van der Waals surface area contributed by atoms with E-state index in [-0.39, 0.29) is 22.5 Å². The smallest absolute Gasteiger partial charge is 0.263 e. The van der Waals surface area contributed by atoms with Crippen molar-refractivity contribution in [2.45, 2.75) is 24.7 Å². The quantitative estimate of drug-likeness (QED) is 0.648. The summed E-state index contributed by atoms with van der Waals surface area (Å²) in [6.45, 7) is 2.90. The summed E-state index contributed by atoms with van der Waals surface area (Å²) < 4.78 is 28.6. The summed E-state index contributed by atoms with van der Waals surface area (Å²) in [5, 5.41) is 0. The lowest BCUT2D eigenvalue weighted by Crippen LogP contribution is -2.42. The fourth-order valence-electron chi connectivity index (χ4n) is 3.59. The SMILES string of the molecule is Cc1ccc(S(=O)(=O)Nc2nc3ccccc3nc2N2CCCC(C(N)=O)C2)cc1. The highest BCUT2D eigenvalue weighted by Crippen LogP contribution is 2.30. The minimum atomic E-state index is -3.86. The second-order valence-corrected chi connectivity index (χ2v) is 9.17. The number of nitrogens with two attached hydrogens (primary N) is 1. The zero-order valence-corrected chi connectivity index (χ0v) is 17.4. The number of rotatable bonds is 5. The Labute approximate surface area is 175 Å². The second kappa shape index (κ2) is 7.91. The third-order valence-corrected chi connectivity index (χ3v) is 6.59. The number of para-hydroxylation sites is 2. The van der Waals surface area contributed by atoms with Crippen LogP contribution in [-0.2, 0) is 14.8 Å². The largest absolute Gasteiger partial charge is 0.369 e. The number of anilines is 2. The average Bonchev–Trinajstić information content (AvgIpc) is 2.73. The van der Waals surface area contributed by atoms with Gasteiger partial charge in [0.15, 0.2) is 11.6 Å². The van der Waals surface area contributed by atoms with Gasteiger partial charge in [-0.1, -0.05) is 29.8 Å². The molecule has 30 heavy (non-hydrogen) atoms. The Balaban J connectivity index is 1.77. The van der Waals surface area contributed by atoms with E-state index in [1.807, 2.05) is 30.0 Å². The molecule has 0 saturated carbocycles. The normalized spacial score (nSPS) is 17.1. The minimum absolute atomic E-state index is 0.138. The van der Waals surface area contributed by atoms with E-state index in [0.29, 0.717) is 36.4 Å². The van der Waals surface area contributed by atoms with Gasteiger partial charge in [0.2, 0.25) is 5.91 Å². The number of carbonyl (C=O) groups excluding carboxylic acids is 1. The van der Waals surface area contributed by atoms with Crippen LogP contribution in [0, 0.1) is 12.8 Å². The number of carbonyl (C=O) groups is 1. The predicted molar refractivity (Wildman–Crippen MR) is 116 cm³/mol. The number of primary amides is 1. The number of nitrogens with one attached hydrogen (secondary N) is 1. The Hall–Kier alpha value is -3.20. The first kappa shape index (κ1) is 20.1. The summed E-state index contributed by atoms with van der Waals surface area (Å²) >= 11 is 0. The van der Waals surface area contributed by atoms with Crippen molar-refractivity contribution in [3.8, 4) is 0 Å². The summed E-state index contributed by atoms with van der Waals surface area (Å²) in [6, 6.07) is 13.8. The minimum Gasteiger partial charge on any atom is -0.369 e. The highest BCUT2D eigenvalue weighted by Gasteiger charge is 2.28. The summed E-state index contributed by atoms with van der Waals surface area (Å²) in [4.78, 5) is 22.9. The number of aryl methyl sites for hydroxylation is 1. The van der Waals surface area contributed by atoms with Crippen molar-refractivity contribution in [3.63, 3.8) is 0 Å². The van der Waals surface area contributed by atoms with Gasteiger partial charge in [-0.25, -0.2) is 18.4 Å².